The SMILES string of the molecule is O=C(NCCCn1ccnn1)c1cccs1. The van der Waals surface area contributed by atoms with Crippen molar-refractivity contribution in [1.29, 1.82) is 0 Å². The van der Waals surface area contributed by atoms with Crippen LogP contribution in [0.1, 0.15) is 16.1 Å². The van der Waals surface area contributed by atoms with Gasteiger partial charge in [-0.15, -0.1) is 16.4 Å². The normalized spacial score (nSPS) is 10.2. The molecule has 2 aromatic heterocycles. The van der Waals surface area contributed by atoms with Crippen molar-refractivity contribution < 1.29 is 4.79 Å². The van der Waals surface area contributed by atoms with E-state index in [9.17, 15) is 4.79 Å². The first-order valence-corrected chi connectivity index (χ1v) is 5.90. The molecular formula is C10H12N4OS. The highest BCUT2D eigenvalue weighted by Gasteiger charge is 2.04. The Balaban J connectivity index is 1.67. The molecule has 0 saturated carbocycles. The Labute approximate surface area is 97.1 Å². The van der Waals surface area contributed by atoms with E-state index in [2.05, 4.69) is 15.6 Å². The monoisotopic (exact) mass is 236 g/mol. The maximum Gasteiger partial charge on any atom is 0.261 e. The summed E-state index contributed by atoms with van der Waals surface area (Å²) in [6.45, 7) is 1.42. The number of amides is 1. The second-order valence-corrected chi connectivity index (χ2v) is 4.20. The smallest absolute Gasteiger partial charge is 0.261 e. The number of carbonyl (C=O) groups excluding carboxylic acids is 1. The summed E-state index contributed by atoms with van der Waals surface area (Å²) in [5.41, 5.74) is 0. The molecule has 0 atom stereocenters. The zero-order chi connectivity index (χ0) is 11.2. The maximum atomic E-state index is 11.5. The fraction of sp³-hybridized carbons (Fsp3) is 0.300. The fourth-order valence-electron chi connectivity index (χ4n) is 1.29. The van der Waals surface area contributed by atoms with E-state index in [0.29, 0.717) is 6.54 Å². The molecule has 2 heterocycles. The molecule has 0 bridgehead atoms. The third kappa shape index (κ3) is 2.90. The number of nitrogens with zero attached hydrogens (tertiary/aromatic N) is 3. The molecule has 5 nitrogen and oxygen atoms in total. The number of carbonyl (C=O) groups is 1. The minimum Gasteiger partial charge on any atom is -0.351 e. The fourth-order valence-corrected chi connectivity index (χ4v) is 1.93. The molecule has 0 aliphatic heterocycles. The van der Waals surface area contributed by atoms with Crippen molar-refractivity contribution in [3.63, 3.8) is 0 Å². The third-order valence-corrected chi connectivity index (χ3v) is 2.94. The molecule has 0 aliphatic carbocycles. The first-order valence-electron chi connectivity index (χ1n) is 5.02. The standard InChI is InChI=1S/C10H12N4OS/c15-10(9-3-1-8-16-9)11-4-2-6-14-7-5-12-13-14/h1,3,5,7-8H,2,4,6H2,(H,11,15). The Morgan fingerprint density at radius 2 is 2.50 bits per heavy atom. The summed E-state index contributed by atoms with van der Waals surface area (Å²) in [7, 11) is 0. The lowest BCUT2D eigenvalue weighted by Crippen LogP contribution is -2.24. The summed E-state index contributed by atoms with van der Waals surface area (Å²) in [5, 5.41) is 12.3. The average molecular weight is 236 g/mol. The molecule has 2 aromatic rings. The molecule has 0 fully saturated rings. The number of rotatable bonds is 5. The van der Waals surface area contributed by atoms with E-state index in [1.54, 1.807) is 17.1 Å². The molecule has 1 N–H and O–H groups in total. The van der Waals surface area contributed by atoms with Crippen molar-refractivity contribution in [3.8, 4) is 0 Å². The molecule has 0 aromatic carbocycles. The van der Waals surface area contributed by atoms with Crippen LogP contribution in [-0.4, -0.2) is 27.4 Å². The lowest BCUT2D eigenvalue weighted by atomic mass is 10.4. The van der Waals surface area contributed by atoms with Gasteiger partial charge in [-0.05, 0) is 17.9 Å². The molecule has 0 saturated heterocycles. The van der Waals surface area contributed by atoms with E-state index in [1.807, 2.05) is 17.5 Å². The van der Waals surface area contributed by atoms with Gasteiger partial charge in [-0.3, -0.25) is 9.48 Å². The van der Waals surface area contributed by atoms with Gasteiger partial charge in [0, 0.05) is 19.3 Å². The molecule has 0 spiro atoms. The predicted octanol–water partition coefficient (Wildman–Crippen LogP) is 1.16. The molecule has 84 valence electrons. The Kier molecular flexibility index (Phi) is 3.66. The molecule has 0 radical (unpaired) electrons. The van der Waals surface area contributed by atoms with Gasteiger partial charge in [-0.25, -0.2) is 0 Å². The molecule has 6 heteroatoms. The van der Waals surface area contributed by atoms with E-state index in [-0.39, 0.29) is 5.91 Å². The van der Waals surface area contributed by atoms with Gasteiger partial charge in [0.2, 0.25) is 0 Å². The van der Waals surface area contributed by atoms with Gasteiger partial charge in [-0.1, -0.05) is 11.3 Å². The summed E-state index contributed by atoms with van der Waals surface area (Å²) in [5.74, 6) is -0.00593. The van der Waals surface area contributed by atoms with Crippen LogP contribution in [-0.2, 0) is 6.54 Å². The second kappa shape index (κ2) is 5.41. The maximum absolute atomic E-state index is 11.5. The average Bonchev–Trinajstić information content (AvgIpc) is 2.96. The lowest BCUT2D eigenvalue weighted by Gasteiger charge is -2.03. The number of hydrogen-bond donors (Lipinski definition) is 1. The largest absolute Gasteiger partial charge is 0.351 e. The quantitative estimate of drug-likeness (QED) is 0.792. The zero-order valence-electron chi connectivity index (χ0n) is 8.67. The molecular weight excluding hydrogens is 224 g/mol. The minimum atomic E-state index is -0.00593. The van der Waals surface area contributed by atoms with Gasteiger partial charge in [-0.2, -0.15) is 0 Å². The van der Waals surface area contributed by atoms with Crippen LogP contribution in [0.5, 0.6) is 0 Å². The first-order chi connectivity index (χ1) is 7.86. The van der Waals surface area contributed by atoms with Crippen molar-refractivity contribution in [2.45, 2.75) is 13.0 Å². The van der Waals surface area contributed by atoms with E-state index >= 15 is 0 Å². The Morgan fingerprint density at radius 3 is 3.19 bits per heavy atom. The topological polar surface area (TPSA) is 59.8 Å². The van der Waals surface area contributed by atoms with Crippen LogP contribution < -0.4 is 5.32 Å². The van der Waals surface area contributed by atoms with Crippen molar-refractivity contribution >= 4 is 17.2 Å². The number of hydrogen-bond acceptors (Lipinski definition) is 4. The van der Waals surface area contributed by atoms with E-state index in [1.165, 1.54) is 11.3 Å². The molecule has 0 unspecified atom stereocenters. The van der Waals surface area contributed by atoms with Crippen molar-refractivity contribution in [2.75, 3.05) is 6.54 Å². The van der Waals surface area contributed by atoms with E-state index in [0.717, 1.165) is 17.8 Å². The van der Waals surface area contributed by atoms with Gasteiger partial charge < -0.3 is 5.32 Å². The summed E-state index contributed by atoms with van der Waals surface area (Å²) >= 11 is 1.45. The van der Waals surface area contributed by atoms with Crippen LogP contribution in [0, 0.1) is 0 Å². The highest BCUT2D eigenvalue weighted by molar-refractivity contribution is 7.12. The highest BCUT2D eigenvalue weighted by atomic mass is 32.1. The van der Waals surface area contributed by atoms with Crippen LogP contribution in [0.3, 0.4) is 0 Å². The van der Waals surface area contributed by atoms with Crippen LogP contribution in [0.2, 0.25) is 0 Å². The summed E-state index contributed by atoms with van der Waals surface area (Å²) < 4.78 is 1.75. The number of aromatic nitrogens is 3. The van der Waals surface area contributed by atoms with Gasteiger partial charge in [0.05, 0.1) is 11.1 Å². The van der Waals surface area contributed by atoms with E-state index in [4.69, 9.17) is 0 Å². The summed E-state index contributed by atoms with van der Waals surface area (Å²) in [4.78, 5) is 12.3. The Bertz CT molecular complexity index is 424. The van der Waals surface area contributed by atoms with Gasteiger partial charge in [0.15, 0.2) is 0 Å². The molecule has 1 amide bonds. The first kappa shape index (κ1) is 10.8. The van der Waals surface area contributed by atoms with Crippen LogP contribution in [0.4, 0.5) is 0 Å². The Morgan fingerprint density at radius 1 is 1.56 bits per heavy atom. The van der Waals surface area contributed by atoms with E-state index < -0.39 is 0 Å². The van der Waals surface area contributed by atoms with Gasteiger partial charge in [0.25, 0.3) is 5.91 Å². The van der Waals surface area contributed by atoms with Crippen molar-refractivity contribution in [1.82, 2.24) is 20.3 Å². The molecule has 2 rings (SSSR count). The van der Waals surface area contributed by atoms with Crippen LogP contribution >= 0.6 is 11.3 Å². The zero-order valence-corrected chi connectivity index (χ0v) is 9.48. The third-order valence-electron chi connectivity index (χ3n) is 2.07. The van der Waals surface area contributed by atoms with Crippen LogP contribution in [0.25, 0.3) is 0 Å². The number of aryl methyl sites for hydroxylation is 1. The van der Waals surface area contributed by atoms with Crippen LogP contribution in [0.15, 0.2) is 29.9 Å². The molecule has 16 heavy (non-hydrogen) atoms. The summed E-state index contributed by atoms with van der Waals surface area (Å²) in [6.07, 6.45) is 4.30. The second-order valence-electron chi connectivity index (χ2n) is 3.25. The van der Waals surface area contributed by atoms with Crippen molar-refractivity contribution in [2.24, 2.45) is 0 Å². The lowest BCUT2D eigenvalue weighted by molar-refractivity contribution is 0.0956. The Hall–Kier alpha value is -1.69. The highest BCUT2D eigenvalue weighted by Crippen LogP contribution is 2.07. The number of nitrogens with one attached hydrogen (secondary N) is 1. The van der Waals surface area contributed by atoms with Gasteiger partial charge in [0.1, 0.15) is 0 Å². The number of thiophene rings is 1. The van der Waals surface area contributed by atoms with Gasteiger partial charge >= 0.3 is 0 Å². The summed E-state index contributed by atoms with van der Waals surface area (Å²) in [6, 6.07) is 3.69. The minimum absolute atomic E-state index is 0.00593. The van der Waals surface area contributed by atoms with Crippen molar-refractivity contribution in [3.05, 3.63) is 34.8 Å². The molecule has 0 aliphatic rings. The predicted molar refractivity (Wildman–Crippen MR) is 61.3 cm³/mol.